The average molecular weight is 272 g/mol. The molecular formula is C12H18BrNO. The van der Waals surface area contributed by atoms with Gasteiger partial charge in [-0.3, -0.25) is 4.79 Å². The molecule has 4 unspecified atom stereocenters. The molecule has 2 nitrogen and oxygen atoms in total. The van der Waals surface area contributed by atoms with Crippen molar-refractivity contribution in [2.24, 2.45) is 29.6 Å². The number of amides is 1. The van der Waals surface area contributed by atoms with Crippen molar-refractivity contribution in [2.75, 3.05) is 18.9 Å². The van der Waals surface area contributed by atoms with Crippen LogP contribution in [0.4, 0.5) is 0 Å². The van der Waals surface area contributed by atoms with Gasteiger partial charge in [0.2, 0.25) is 5.91 Å². The fourth-order valence-corrected chi connectivity index (χ4v) is 4.68. The molecule has 3 saturated carbocycles. The van der Waals surface area contributed by atoms with Gasteiger partial charge in [-0.15, -0.1) is 0 Å². The lowest BCUT2D eigenvalue weighted by molar-refractivity contribution is -0.132. The number of hydrogen-bond donors (Lipinski definition) is 0. The van der Waals surface area contributed by atoms with Crippen molar-refractivity contribution in [1.82, 2.24) is 4.90 Å². The number of hydrogen-bond acceptors (Lipinski definition) is 1. The number of nitrogens with zero attached hydrogens (tertiary/aromatic N) is 1. The predicted octanol–water partition coefficient (Wildman–Crippen LogP) is 2.13. The summed E-state index contributed by atoms with van der Waals surface area (Å²) in [5, 5.41) is 0.893. The Labute approximate surface area is 99.5 Å². The van der Waals surface area contributed by atoms with Gasteiger partial charge < -0.3 is 4.90 Å². The van der Waals surface area contributed by atoms with Crippen molar-refractivity contribution >= 4 is 21.8 Å². The van der Waals surface area contributed by atoms with E-state index < -0.39 is 0 Å². The van der Waals surface area contributed by atoms with Crippen molar-refractivity contribution in [3.8, 4) is 0 Å². The van der Waals surface area contributed by atoms with Gasteiger partial charge in [0.05, 0.1) is 0 Å². The van der Waals surface area contributed by atoms with Crippen LogP contribution in [0, 0.1) is 29.6 Å². The summed E-state index contributed by atoms with van der Waals surface area (Å²) in [4.78, 5) is 14.0. The summed E-state index contributed by atoms with van der Waals surface area (Å²) >= 11 is 3.39. The summed E-state index contributed by atoms with van der Waals surface area (Å²) in [6, 6.07) is 0. The Morgan fingerprint density at radius 2 is 1.93 bits per heavy atom. The molecule has 0 heterocycles. The minimum absolute atomic E-state index is 0.417. The molecule has 15 heavy (non-hydrogen) atoms. The fraction of sp³-hybridized carbons (Fsp3) is 0.917. The highest BCUT2D eigenvalue weighted by Crippen LogP contribution is 2.69. The number of fused-ring (bicyclic) bond motifs is 5. The van der Waals surface area contributed by atoms with Crippen molar-refractivity contribution in [1.29, 1.82) is 0 Å². The summed E-state index contributed by atoms with van der Waals surface area (Å²) in [5.74, 6) is 4.22. The smallest absolute Gasteiger partial charge is 0.226 e. The first-order valence-electron chi connectivity index (χ1n) is 6.05. The standard InChI is InChI=1S/C12H18BrNO/c1-14(5-4-13)12(15)11-9-7-2-3-8(6-7)10(9)11/h7-11H,2-6H2,1H3. The van der Waals surface area contributed by atoms with Gasteiger partial charge in [0.15, 0.2) is 0 Å². The number of rotatable bonds is 3. The molecule has 3 rings (SSSR count). The molecule has 3 heteroatoms. The quantitative estimate of drug-likeness (QED) is 0.721. The van der Waals surface area contributed by atoms with E-state index in [0.717, 1.165) is 35.5 Å². The number of carbonyl (C=O) groups is 1. The first-order valence-corrected chi connectivity index (χ1v) is 7.17. The zero-order valence-corrected chi connectivity index (χ0v) is 10.7. The summed E-state index contributed by atoms with van der Waals surface area (Å²) in [5.41, 5.74) is 0. The minimum atomic E-state index is 0.417. The minimum Gasteiger partial charge on any atom is -0.345 e. The molecule has 2 bridgehead atoms. The van der Waals surface area contributed by atoms with Crippen LogP contribution in [-0.4, -0.2) is 29.7 Å². The van der Waals surface area contributed by atoms with Crippen LogP contribution < -0.4 is 0 Å². The third kappa shape index (κ3) is 1.38. The second kappa shape index (κ2) is 3.47. The Balaban J connectivity index is 1.64. The molecule has 0 aromatic heterocycles. The molecule has 0 radical (unpaired) electrons. The molecule has 4 atom stereocenters. The topological polar surface area (TPSA) is 20.3 Å². The molecule has 84 valence electrons. The van der Waals surface area contributed by atoms with Gasteiger partial charge in [-0.1, -0.05) is 15.9 Å². The Morgan fingerprint density at radius 1 is 1.33 bits per heavy atom. The molecule has 0 saturated heterocycles. The second-order valence-electron chi connectivity index (χ2n) is 5.46. The normalized spacial score (nSPS) is 45.3. The number of alkyl halides is 1. The number of halogens is 1. The average Bonchev–Trinajstić information content (AvgIpc) is 2.65. The van der Waals surface area contributed by atoms with Crippen LogP contribution in [-0.2, 0) is 4.79 Å². The van der Waals surface area contributed by atoms with E-state index in [1.54, 1.807) is 0 Å². The molecule has 0 spiro atoms. The van der Waals surface area contributed by atoms with Crippen LogP contribution in [0.3, 0.4) is 0 Å². The van der Waals surface area contributed by atoms with E-state index >= 15 is 0 Å². The van der Waals surface area contributed by atoms with Crippen LogP contribution in [0.5, 0.6) is 0 Å². The Bertz CT molecular complexity index is 277. The highest BCUT2D eigenvalue weighted by atomic mass is 79.9. The van der Waals surface area contributed by atoms with Gasteiger partial charge in [0, 0.05) is 24.8 Å². The van der Waals surface area contributed by atoms with Gasteiger partial charge in [0.25, 0.3) is 0 Å². The van der Waals surface area contributed by atoms with Gasteiger partial charge >= 0.3 is 0 Å². The van der Waals surface area contributed by atoms with E-state index in [2.05, 4.69) is 15.9 Å². The Kier molecular flexibility index (Phi) is 2.35. The van der Waals surface area contributed by atoms with E-state index in [1.165, 1.54) is 19.3 Å². The van der Waals surface area contributed by atoms with Crippen LogP contribution in [0.25, 0.3) is 0 Å². The van der Waals surface area contributed by atoms with Crippen molar-refractivity contribution in [2.45, 2.75) is 19.3 Å². The molecule has 3 aliphatic rings. The molecule has 3 fully saturated rings. The van der Waals surface area contributed by atoms with Crippen molar-refractivity contribution < 1.29 is 4.79 Å². The summed E-state index contributed by atoms with van der Waals surface area (Å²) in [7, 11) is 1.94. The fourth-order valence-electron chi connectivity index (χ4n) is 4.15. The lowest BCUT2D eigenvalue weighted by Gasteiger charge is -2.17. The molecule has 1 amide bonds. The molecular weight excluding hydrogens is 254 g/mol. The Morgan fingerprint density at radius 3 is 2.47 bits per heavy atom. The van der Waals surface area contributed by atoms with Crippen molar-refractivity contribution in [3.63, 3.8) is 0 Å². The zero-order valence-electron chi connectivity index (χ0n) is 9.16. The molecule has 3 aliphatic carbocycles. The summed E-state index contributed by atoms with van der Waals surface area (Å²) in [6.45, 7) is 0.851. The third-order valence-electron chi connectivity index (χ3n) is 4.82. The van der Waals surface area contributed by atoms with Gasteiger partial charge in [-0.05, 0) is 42.9 Å². The largest absolute Gasteiger partial charge is 0.345 e. The maximum atomic E-state index is 12.1. The van der Waals surface area contributed by atoms with Crippen LogP contribution in [0.15, 0.2) is 0 Å². The van der Waals surface area contributed by atoms with E-state index in [9.17, 15) is 4.79 Å². The van der Waals surface area contributed by atoms with E-state index in [0.29, 0.717) is 11.8 Å². The second-order valence-corrected chi connectivity index (χ2v) is 6.26. The zero-order chi connectivity index (χ0) is 10.6. The van der Waals surface area contributed by atoms with E-state index in [1.807, 2.05) is 11.9 Å². The monoisotopic (exact) mass is 271 g/mol. The first kappa shape index (κ1) is 10.1. The predicted molar refractivity (Wildman–Crippen MR) is 62.7 cm³/mol. The SMILES string of the molecule is CN(CCBr)C(=O)C1C2C3CCC(C3)C12. The van der Waals surface area contributed by atoms with Gasteiger partial charge in [-0.25, -0.2) is 0 Å². The highest BCUT2D eigenvalue weighted by Gasteiger charge is 2.67. The van der Waals surface area contributed by atoms with Crippen LogP contribution in [0.2, 0.25) is 0 Å². The maximum Gasteiger partial charge on any atom is 0.226 e. The molecule has 0 N–H and O–H groups in total. The summed E-state index contributed by atoms with van der Waals surface area (Å²) in [6.07, 6.45) is 4.23. The van der Waals surface area contributed by atoms with E-state index in [4.69, 9.17) is 0 Å². The van der Waals surface area contributed by atoms with E-state index in [-0.39, 0.29) is 0 Å². The van der Waals surface area contributed by atoms with Crippen LogP contribution >= 0.6 is 15.9 Å². The van der Waals surface area contributed by atoms with Crippen LogP contribution in [0.1, 0.15) is 19.3 Å². The van der Waals surface area contributed by atoms with Gasteiger partial charge in [-0.2, -0.15) is 0 Å². The molecule has 0 aromatic carbocycles. The number of carbonyl (C=O) groups excluding carboxylic acids is 1. The third-order valence-corrected chi connectivity index (χ3v) is 5.17. The molecule has 0 aromatic rings. The first-order chi connectivity index (χ1) is 7.24. The highest BCUT2D eigenvalue weighted by molar-refractivity contribution is 9.09. The summed E-state index contributed by atoms with van der Waals surface area (Å²) < 4.78 is 0. The van der Waals surface area contributed by atoms with Crippen molar-refractivity contribution in [3.05, 3.63) is 0 Å². The van der Waals surface area contributed by atoms with Gasteiger partial charge in [0.1, 0.15) is 0 Å². The lowest BCUT2D eigenvalue weighted by atomic mass is 10.0. The lowest BCUT2D eigenvalue weighted by Crippen LogP contribution is -2.31. The Hall–Kier alpha value is -0.0500. The maximum absolute atomic E-state index is 12.1. The molecule has 0 aliphatic heterocycles.